The van der Waals surface area contributed by atoms with E-state index in [1.54, 1.807) is 17.7 Å². The highest BCUT2D eigenvalue weighted by Crippen LogP contribution is 2.44. The van der Waals surface area contributed by atoms with E-state index in [0.29, 0.717) is 12.4 Å². The summed E-state index contributed by atoms with van der Waals surface area (Å²) in [5, 5.41) is 2.04. The van der Waals surface area contributed by atoms with Crippen LogP contribution >= 0.6 is 23.1 Å². The average molecular weight is 498 g/mol. The van der Waals surface area contributed by atoms with Crippen molar-refractivity contribution < 1.29 is 9.53 Å². The maximum Gasteiger partial charge on any atom is 0.232 e. The number of hydrogen-bond donors (Lipinski definition) is 0. The number of carbonyl (C=O) groups is 1. The maximum absolute atomic E-state index is 12.8. The van der Waals surface area contributed by atoms with Crippen molar-refractivity contribution in [1.82, 2.24) is 19.9 Å². The first-order valence-electron chi connectivity index (χ1n) is 12.4. The Labute approximate surface area is 208 Å². The number of aromatic nitrogens is 3. The predicted octanol–water partition coefficient (Wildman–Crippen LogP) is 4.80. The summed E-state index contributed by atoms with van der Waals surface area (Å²) in [5.74, 6) is 1.72. The van der Waals surface area contributed by atoms with Crippen LogP contribution in [-0.2, 0) is 22.6 Å². The molecule has 0 saturated carbocycles. The van der Waals surface area contributed by atoms with Crippen molar-refractivity contribution in [2.75, 3.05) is 36.8 Å². The fourth-order valence-corrected chi connectivity index (χ4v) is 7.56. The Morgan fingerprint density at radius 2 is 1.85 bits per heavy atom. The molecule has 0 aromatic carbocycles. The lowest BCUT2D eigenvalue weighted by molar-refractivity contribution is -0.129. The van der Waals surface area contributed by atoms with Gasteiger partial charge >= 0.3 is 0 Å². The van der Waals surface area contributed by atoms with Gasteiger partial charge in [0.05, 0.1) is 28.2 Å². The Morgan fingerprint density at radius 3 is 2.65 bits per heavy atom. The summed E-state index contributed by atoms with van der Waals surface area (Å²) in [6.45, 7) is 8.79. The Morgan fingerprint density at radius 1 is 1.09 bits per heavy atom. The molecular weight excluding hydrogens is 466 g/mol. The lowest BCUT2D eigenvalue weighted by Crippen LogP contribution is -2.36. The van der Waals surface area contributed by atoms with Gasteiger partial charge in [0.25, 0.3) is 0 Å². The molecule has 3 aromatic heterocycles. The summed E-state index contributed by atoms with van der Waals surface area (Å²) in [7, 11) is 0. The number of piperidine rings is 1. The van der Waals surface area contributed by atoms with Gasteiger partial charge in [-0.15, -0.1) is 11.3 Å². The summed E-state index contributed by atoms with van der Waals surface area (Å²) in [6, 6.07) is 0. The van der Waals surface area contributed by atoms with E-state index in [-0.39, 0.29) is 11.5 Å². The third-order valence-corrected chi connectivity index (χ3v) is 9.40. The molecule has 6 rings (SSSR count). The van der Waals surface area contributed by atoms with Crippen LogP contribution in [0.3, 0.4) is 0 Å². The van der Waals surface area contributed by atoms with E-state index in [0.717, 1.165) is 76.7 Å². The Hall–Kier alpha value is -1.97. The van der Waals surface area contributed by atoms with E-state index in [1.807, 2.05) is 4.90 Å². The number of carbonyl (C=O) groups excluding carboxylic acids is 1. The number of fused-ring (bicyclic) bond motifs is 5. The van der Waals surface area contributed by atoms with Crippen molar-refractivity contribution >= 4 is 55.3 Å². The molecule has 2 saturated heterocycles. The van der Waals surface area contributed by atoms with Crippen LogP contribution < -0.4 is 4.90 Å². The molecule has 0 atom stereocenters. The molecule has 0 bridgehead atoms. The molecule has 180 valence electrons. The van der Waals surface area contributed by atoms with E-state index in [4.69, 9.17) is 14.7 Å². The van der Waals surface area contributed by atoms with Crippen LogP contribution in [0.4, 0.5) is 5.82 Å². The number of pyridine rings is 1. The number of ether oxygens (including phenoxy) is 1. The molecule has 34 heavy (non-hydrogen) atoms. The SMILES string of the molecule is CC1(C)Cc2c(c(N3CCCC3)nc3sc4c(SCC(=O)N5CCCCC5)ncnc4c23)CO1. The molecule has 6 heterocycles. The molecule has 7 nitrogen and oxygen atoms in total. The maximum atomic E-state index is 12.8. The molecule has 0 spiro atoms. The van der Waals surface area contributed by atoms with Crippen LogP contribution in [0.15, 0.2) is 11.4 Å². The Bertz CT molecular complexity index is 1250. The monoisotopic (exact) mass is 497 g/mol. The number of anilines is 1. The van der Waals surface area contributed by atoms with E-state index >= 15 is 0 Å². The highest BCUT2D eigenvalue weighted by atomic mass is 32.2. The Kier molecular flexibility index (Phi) is 5.90. The standard InChI is InChI=1S/C25H31N5O2S2/c1-25(2)12-16-17(13-32-25)22(30-10-6-7-11-30)28-23-19(16)20-21(34-23)24(27-15-26-20)33-14-18(31)29-8-4-3-5-9-29/h15H,3-14H2,1-2H3. The van der Waals surface area contributed by atoms with Gasteiger partial charge in [0.1, 0.15) is 22.0 Å². The van der Waals surface area contributed by atoms with Crippen LogP contribution in [0.5, 0.6) is 0 Å². The number of likely N-dealkylation sites (tertiary alicyclic amines) is 1. The number of thioether (sulfide) groups is 1. The molecule has 0 radical (unpaired) electrons. The number of rotatable bonds is 4. The highest BCUT2D eigenvalue weighted by molar-refractivity contribution is 8.00. The summed E-state index contributed by atoms with van der Waals surface area (Å²) in [4.78, 5) is 32.7. The van der Waals surface area contributed by atoms with Gasteiger partial charge in [0.2, 0.25) is 5.91 Å². The minimum absolute atomic E-state index is 0.211. The fraction of sp³-hybridized carbons (Fsp3) is 0.600. The molecule has 3 aliphatic heterocycles. The second-order valence-corrected chi connectivity index (χ2v) is 12.1. The highest BCUT2D eigenvalue weighted by Gasteiger charge is 2.33. The van der Waals surface area contributed by atoms with E-state index < -0.39 is 0 Å². The van der Waals surface area contributed by atoms with E-state index in [2.05, 4.69) is 23.7 Å². The van der Waals surface area contributed by atoms with Gasteiger partial charge in [0.15, 0.2) is 0 Å². The zero-order valence-electron chi connectivity index (χ0n) is 19.9. The largest absolute Gasteiger partial charge is 0.370 e. The lowest BCUT2D eigenvalue weighted by atomic mass is 9.90. The van der Waals surface area contributed by atoms with Crippen molar-refractivity contribution in [3.8, 4) is 0 Å². The smallest absolute Gasteiger partial charge is 0.232 e. The van der Waals surface area contributed by atoms with Crippen molar-refractivity contribution in [3.05, 3.63) is 17.5 Å². The molecule has 2 fully saturated rings. The quantitative estimate of drug-likeness (QED) is 0.379. The molecular formula is C25H31N5O2S2. The predicted molar refractivity (Wildman–Crippen MR) is 138 cm³/mol. The van der Waals surface area contributed by atoms with Crippen LogP contribution in [0, 0.1) is 0 Å². The first-order chi connectivity index (χ1) is 16.5. The number of thiophene rings is 1. The molecule has 3 aliphatic rings. The van der Waals surface area contributed by atoms with Gasteiger partial charge in [-0.3, -0.25) is 4.79 Å². The van der Waals surface area contributed by atoms with Crippen LogP contribution in [0.25, 0.3) is 20.4 Å². The second kappa shape index (κ2) is 8.91. The minimum atomic E-state index is -0.219. The minimum Gasteiger partial charge on any atom is -0.370 e. The van der Waals surface area contributed by atoms with Crippen molar-refractivity contribution in [2.24, 2.45) is 0 Å². The summed E-state index contributed by atoms with van der Waals surface area (Å²) >= 11 is 3.21. The molecule has 0 aliphatic carbocycles. The first kappa shape index (κ1) is 22.5. The van der Waals surface area contributed by atoms with Crippen LogP contribution in [0.1, 0.15) is 57.1 Å². The molecule has 0 N–H and O–H groups in total. The molecule has 1 amide bonds. The number of amides is 1. The molecule has 3 aromatic rings. The van der Waals surface area contributed by atoms with E-state index in [9.17, 15) is 4.79 Å². The van der Waals surface area contributed by atoms with Crippen molar-refractivity contribution in [3.63, 3.8) is 0 Å². The van der Waals surface area contributed by atoms with Crippen LogP contribution in [-0.4, -0.2) is 63.3 Å². The number of hydrogen-bond acceptors (Lipinski definition) is 8. The zero-order valence-corrected chi connectivity index (χ0v) is 21.6. The third kappa shape index (κ3) is 4.05. The van der Waals surface area contributed by atoms with Crippen molar-refractivity contribution in [2.45, 2.75) is 69.6 Å². The normalized spacial score (nSPS) is 20.3. The topological polar surface area (TPSA) is 71.5 Å². The van der Waals surface area contributed by atoms with Gasteiger partial charge in [0, 0.05) is 43.5 Å². The average Bonchev–Trinajstić information content (AvgIpc) is 3.50. The summed E-state index contributed by atoms with van der Waals surface area (Å²) in [5.41, 5.74) is 3.30. The molecule has 9 heteroatoms. The number of nitrogens with zero attached hydrogens (tertiary/aromatic N) is 5. The fourth-order valence-electron chi connectivity index (χ4n) is 5.43. The third-order valence-electron chi connectivity index (χ3n) is 7.22. The zero-order chi connectivity index (χ0) is 23.3. The Balaban J connectivity index is 1.41. The van der Waals surface area contributed by atoms with Gasteiger partial charge in [-0.25, -0.2) is 15.0 Å². The second-order valence-electron chi connectivity index (χ2n) is 10.2. The van der Waals surface area contributed by atoms with Gasteiger partial charge < -0.3 is 14.5 Å². The summed E-state index contributed by atoms with van der Waals surface area (Å²) < 4.78 is 7.28. The summed E-state index contributed by atoms with van der Waals surface area (Å²) in [6.07, 6.45) is 8.36. The molecule has 0 unspecified atom stereocenters. The first-order valence-corrected chi connectivity index (χ1v) is 14.2. The van der Waals surface area contributed by atoms with Crippen LogP contribution in [0.2, 0.25) is 0 Å². The van der Waals surface area contributed by atoms with Gasteiger partial charge in [-0.05, 0) is 51.5 Å². The van der Waals surface area contributed by atoms with Gasteiger partial charge in [-0.1, -0.05) is 11.8 Å². The van der Waals surface area contributed by atoms with Crippen molar-refractivity contribution in [1.29, 1.82) is 0 Å². The van der Waals surface area contributed by atoms with Gasteiger partial charge in [-0.2, -0.15) is 0 Å². The van der Waals surface area contributed by atoms with E-state index in [1.165, 1.54) is 42.2 Å². The lowest BCUT2D eigenvalue weighted by Gasteiger charge is -2.34.